The van der Waals surface area contributed by atoms with Gasteiger partial charge in [-0.05, 0) is 0 Å². The van der Waals surface area contributed by atoms with Gasteiger partial charge in [0.25, 0.3) is 6.43 Å². The van der Waals surface area contributed by atoms with E-state index in [0.717, 1.165) is 0 Å². The molecule has 1 aromatic rings. The molecule has 1 unspecified atom stereocenters. The largest absolute Gasteiger partial charge is 0.479 e. The minimum atomic E-state index is -2.57. The molecular formula is C11H16F2N4O4. The molecule has 21 heavy (non-hydrogen) atoms. The lowest BCUT2D eigenvalue weighted by atomic mass is 10.1. The summed E-state index contributed by atoms with van der Waals surface area (Å²) in [5.74, 6) is -1.24. The summed E-state index contributed by atoms with van der Waals surface area (Å²) in [6.45, 7) is -0.822. The maximum absolute atomic E-state index is 11.8. The number of halogens is 2. The number of carboxylic acid groups (broad SMARTS) is 1. The molecular weight excluding hydrogens is 290 g/mol. The Morgan fingerprint density at radius 1 is 1.52 bits per heavy atom. The third kappa shape index (κ3) is 6.17. The van der Waals surface area contributed by atoms with Crippen molar-refractivity contribution in [3.8, 4) is 0 Å². The van der Waals surface area contributed by atoms with Crippen LogP contribution in [0.15, 0.2) is 12.4 Å². The van der Waals surface area contributed by atoms with Gasteiger partial charge in [0.05, 0.1) is 12.8 Å². The molecule has 0 aliphatic heterocycles. The third-order valence-corrected chi connectivity index (χ3v) is 2.36. The van der Waals surface area contributed by atoms with Crippen molar-refractivity contribution in [3.63, 3.8) is 0 Å². The number of aliphatic carboxylic acids is 1. The van der Waals surface area contributed by atoms with Crippen LogP contribution >= 0.6 is 0 Å². The Morgan fingerprint density at radius 2 is 2.24 bits per heavy atom. The zero-order valence-electron chi connectivity index (χ0n) is 11.3. The first kappa shape index (κ1) is 16.8. The second-order valence-electron chi connectivity index (χ2n) is 4.08. The van der Waals surface area contributed by atoms with E-state index in [-0.39, 0.29) is 13.2 Å². The molecule has 0 fully saturated rings. The number of amides is 2. The van der Waals surface area contributed by atoms with Crippen LogP contribution in [0.2, 0.25) is 0 Å². The summed E-state index contributed by atoms with van der Waals surface area (Å²) in [6, 6.07) is -1.99. The van der Waals surface area contributed by atoms with Crippen LogP contribution in [0.3, 0.4) is 0 Å². The van der Waals surface area contributed by atoms with Crippen molar-refractivity contribution in [2.45, 2.75) is 12.5 Å². The molecule has 0 radical (unpaired) electrons. The number of aryl methyl sites for hydroxylation is 1. The van der Waals surface area contributed by atoms with Gasteiger partial charge in [-0.1, -0.05) is 0 Å². The minimum absolute atomic E-state index is 0.0159. The monoisotopic (exact) mass is 306 g/mol. The fraction of sp³-hybridized carbons (Fsp3) is 0.545. The van der Waals surface area contributed by atoms with E-state index in [1.165, 1.54) is 17.1 Å². The summed E-state index contributed by atoms with van der Waals surface area (Å²) in [5, 5.41) is 17.4. The van der Waals surface area contributed by atoms with E-state index in [1.54, 1.807) is 7.05 Å². The van der Waals surface area contributed by atoms with Gasteiger partial charge in [-0.15, -0.1) is 0 Å². The van der Waals surface area contributed by atoms with Crippen molar-refractivity contribution in [1.29, 1.82) is 0 Å². The Balaban J connectivity index is 2.38. The van der Waals surface area contributed by atoms with E-state index in [1.807, 2.05) is 0 Å². The van der Waals surface area contributed by atoms with Crippen LogP contribution in [0.25, 0.3) is 0 Å². The van der Waals surface area contributed by atoms with Crippen LogP contribution in [-0.4, -0.2) is 53.1 Å². The van der Waals surface area contributed by atoms with Gasteiger partial charge in [-0.3, -0.25) is 4.68 Å². The van der Waals surface area contributed by atoms with Crippen LogP contribution < -0.4 is 10.6 Å². The van der Waals surface area contributed by atoms with Gasteiger partial charge in [-0.25, -0.2) is 18.4 Å². The van der Waals surface area contributed by atoms with Gasteiger partial charge in [0.2, 0.25) is 0 Å². The molecule has 0 aromatic carbocycles. The smallest absolute Gasteiger partial charge is 0.331 e. The second kappa shape index (κ2) is 8.15. The number of aromatic nitrogens is 2. The van der Waals surface area contributed by atoms with Gasteiger partial charge in [0, 0.05) is 25.4 Å². The molecule has 0 aliphatic carbocycles. The predicted octanol–water partition coefficient (Wildman–Crippen LogP) is 0.127. The van der Waals surface area contributed by atoms with Gasteiger partial charge >= 0.3 is 12.0 Å². The number of carbonyl (C=O) groups is 2. The number of alkyl halides is 2. The number of carbonyl (C=O) groups excluding carboxylic acids is 1. The third-order valence-electron chi connectivity index (χ3n) is 2.36. The molecule has 1 heterocycles. The summed E-state index contributed by atoms with van der Waals surface area (Å²) < 4.78 is 29.5. The molecule has 0 spiro atoms. The van der Waals surface area contributed by atoms with Crippen LogP contribution in [0, 0.1) is 0 Å². The number of nitrogens with zero attached hydrogens (tertiary/aromatic N) is 2. The topological polar surface area (TPSA) is 105 Å². The Morgan fingerprint density at radius 3 is 2.76 bits per heavy atom. The fourth-order valence-corrected chi connectivity index (χ4v) is 1.47. The number of hydrogen-bond donors (Lipinski definition) is 3. The number of carboxylic acids is 1. The molecule has 0 saturated heterocycles. The lowest BCUT2D eigenvalue weighted by Crippen LogP contribution is -2.42. The number of nitrogens with one attached hydrogen (secondary N) is 2. The first-order chi connectivity index (χ1) is 9.90. The van der Waals surface area contributed by atoms with E-state index < -0.39 is 31.1 Å². The van der Waals surface area contributed by atoms with Gasteiger partial charge in [0.1, 0.15) is 6.61 Å². The highest BCUT2D eigenvalue weighted by atomic mass is 19.3. The number of urea groups is 1. The average molecular weight is 306 g/mol. The molecule has 1 aromatic heterocycles. The van der Waals surface area contributed by atoms with Crippen LogP contribution in [0.4, 0.5) is 13.6 Å². The van der Waals surface area contributed by atoms with E-state index >= 15 is 0 Å². The van der Waals surface area contributed by atoms with Crippen LogP contribution in [0.5, 0.6) is 0 Å². The van der Waals surface area contributed by atoms with Crippen molar-refractivity contribution >= 4 is 12.0 Å². The highest BCUT2D eigenvalue weighted by Crippen LogP contribution is 2.11. The highest BCUT2D eigenvalue weighted by Gasteiger charge is 2.23. The van der Waals surface area contributed by atoms with E-state index in [9.17, 15) is 18.4 Å². The summed E-state index contributed by atoms with van der Waals surface area (Å²) >= 11 is 0. The minimum Gasteiger partial charge on any atom is -0.479 e. The van der Waals surface area contributed by atoms with E-state index in [2.05, 4.69) is 20.5 Å². The zero-order chi connectivity index (χ0) is 15.8. The van der Waals surface area contributed by atoms with Crippen molar-refractivity contribution in [2.24, 2.45) is 7.05 Å². The van der Waals surface area contributed by atoms with Gasteiger partial charge in [0.15, 0.2) is 6.04 Å². The van der Waals surface area contributed by atoms with Crippen molar-refractivity contribution in [1.82, 2.24) is 20.4 Å². The Labute approximate surface area is 119 Å². The molecule has 118 valence electrons. The summed E-state index contributed by atoms with van der Waals surface area (Å²) in [6.07, 6.45) is 0.219. The molecule has 1 atom stereocenters. The molecule has 0 bridgehead atoms. The van der Waals surface area contributed by atoms with Crippen molar-refractivity contribution < 1.29 is 28.2 Å². The molecule has 0 saturated carbocycles. The first-order valence-electron chi connectivity index (χ1n) is 6.01. The molecule has 3 N–H and O–H groups in total. The molecule has 8 nitrogen and oxygen atoms in total. The number of rotatable bonds is 8. The molecule has 1 rings (SSSR count). The maximum Gasteiger partial charge on any atom is 0.331 e. The van der Waals surface area contributed by atoms with Crippen LogP contribution in [0.1, 0.15) is 11.6 Å². The molecule has 2 amide bonds. The van der Waals surface area contributed by atoms with Gasteiger partial charge < -0.3 is 20.5 Å². The Bertz CT molecular complexity index is 481. The molecule has 0 aliphatic rings. The van der Waals surface area contributed by atoms with E-state index in [0.29, 0.717) is 5.56 Å². The Kier molecular flexibility index (Phi) is 6.53. The second-order valence-corrected chi connectivity index (χ2v) is 4.08. The zero-order valence-corrected chi connectivity index (χ0v) is 11.3. The lowest BCUT2D eigenvalue weighted by Gasteiger charge is -2.13. The standard InChI is InChI=1S/C11H16F2N4O4/c1-17-5-7(4-15-17)9(10(18)19)16-11(20)14-2-3-21-6-8(12)13/h4-5,8-9H,2-3,6H2,1H3,(H,18,19)(H2,14,16,20). The van der Waals surface area contributed by atoms with E-state index in [4.69, 9.17) is 5.11 Å². The van der Waals surface area contributed by atoms with Crippen molar-refractivity contribution in [2.75, 3.05) is 19.8 Å². The lowest BCUT2D eigenvalue weighted by molar-refractivity contribution is -0.139. The summed E-state index contributed by atoms with van der Waals surface area (Å²) in [5.41, 5.74) is 0.314. The SMILES string of the molecule is Cn1cc(C(NC(=O)NCCOCC(F)F)C(=O)O)cn1. The number of ether oxygens (including phenoxy) is 1. The predicted molar refractivity (Wildman–Crippen MR) is 66.9 cm³/mol. The summed E-state index contributed by atoms with van der Waals surface area (Å²) in [4.78, 5) is 22.6. The first-order valence-corrected chi connectivity index (χ1v) is 6.01. The van der Waals surface area contributed by atoms with Crippen molar-refractivity contribution in [3.05, 3.63) is 18.0 Å². The quantitative estimate of drug-likeness (QED) is 0.592. The highest BCUT2D eigenvalue weighted by molar-refractivity contribution is 5.83. The molecule has 10 heteroatoms. The van der Waals surface area contributed by atoms with Crippen LogP contribution in [-0.2, 0) is 16.6 Å². The average Bonchev–Trinajstić information content (AvgIpc) is 2.81. The maximum atomic E-state index is 11.8. The summed E-state index contributed by atoms with van der Waals surface area (Å²) in [7, 11) is 1.61. The number of hydrogen-bond acceptors (Lipinski definition) is 4. The van der Waals surface area contributed by atoms with Gasteiger partial charge in [-0.2, -0.15) is 5.10 Å². The fourth-order valence-electron chi connectivity index (χ4n) is 1.47. The normalized spacial score (nSPS) is 12.2. The Hall–Kier alpha value is -2.23.